The van der Waals surface area contributed by atoms with Crippen molar-refractivity contribution in [3.63, 3.8) is 0 Å². The van der Waals surface area contributed by atoms with Crippen LogP contribution in [0.4, 0.5) is 0 Å². The molecule has 0 aliphatic heterocycles. The topological polar surface area (TPSA) is 3.24 Å². The molecule has 0 heterocycles. The summed E-state index contributed by atoms with van der Waals surface area (Å²) in [7, 11) is 5.63. The summed E-state index contributed by atoms with van der Waals surface area (Å²) in [5.74, 6) is 0.927. The Kier molecular flexibility index (Phi) is 21.3. The van der Waals surface area contributed by atoms with Gasteiger partial charge in [-0.2, -0.15) is 0 Å². The predicted molar refractivity (Wildman–Crippen MR) is 126 cm³/mol. The van der Waals surface area contributed by atoms with Gasteiger partial charge >= 0.3 is 0 Å². The summed E-state index contributed by atoms with van der Waals surface area (Å²) in [6, 6.07) is 0.710. The largest absolute Gasteiger partial charge is 0.258 e. The zero-order valence-corrected chi connectivity index (χ0v) is 20.8. The van der Waals surface area contributed by atoms with Gasteiger partial charge in [-0.1, -0.05) is 66.1 Å². The Bertz CT molecular complexity index is 250. The van der Waals surface area contributed by atoms with Crippen LogP contribution in [-0.2, 0) is 0 Å². The molecule has 5 unspecified atom stereocenters. The van der Waals surface area contributed by atoms with E-state index in [1.807, 2.05) is 27.7 Å². The predicted octanol–water partition coefficient (Wildman–Crippen LogP) is 7.37. The lowest BCUT2D eigenvalue weighted by Crippen LogP contribution is -2.36. The van der Waals surface area contributed by atoms with Gasteiger partial charge in [0, 0.05) is 6.04 Å². The average molecular weight is 394 g/mol. The minimum atomic E-state index is 0.710. The maximum atomic E-state index is 3.98. The molecule has 0 bridgehead atoms. The van der Waals surface area contributed by atoms with E-state index in [1.54, 1.807) is 0 Å². The molecule has 1 nitrogen and oxygen atoms in total. The number of rotatable bonds is 5. The standard InChI is InChI=1S/C11H24NP3.C5H10.2C2H6/c1-8(12(2)15-5)11-9(13-3)6-7-10(11)14-4;1-2-4-5-3-1;2*1-2/h8-11,13-14H,5-7H2,1-4H3;1-5H2;2*1-2H3. The summed E-state index contributed by atoms with van der Waals surface area (Å²) in [4.78, 5) is 0. The molecule has 2 fully saturated rings. The fourth-order valence-electron chi connectivity index (χ4n) is 3.63. The molecule has 2 aliphatic rings. The molecule has 24 heavy (non-hydrogen) atoms. The number of hydrogen-bond acceptors (Lipinski definition) is 1. The fourth-order valence-corrected chi connectivity index (χ4v) is 6.94. The minimum Gasteiger partial charge on any atom is -0.258 e. The summed E-state index contributed by atoms with van der Waals surface area (Å²) < 4.78 is 2.40. The Labute approximate surface area is 159 Å². The third-order valence-electron chi connectivity index (χ3n) is 5.08. The third kappa shape index (κ3) is 10.2. The van der Waals surface area contributed by atoms with Crippen LogP contribution in [0.1, 0.15) is 79.6 Å². The zero-order chi connectivity index (χ0) is 19.0. The van der Waals surface area contributed by atoms with Crippen LogP contribution in [0.25, 0.3) is 0 Å². The van der Waals surface area contributed by atoms with Crippen molar-refractivity contribution in [1.82, 2.24) is 4.67 Å². The Hall–Kier alpha value is 0.990. The summed E-state index contributed by atoms with van der Waals surface area (Å²) in [6.07, 6.45) is 14.4. The van der Waals surface area contributed by atoms with E-state index in [0.717, 1.165) is 34.4 Å². The SMILES string of the molecule is C1CCCC1.C=PN(C)C(C)C1C(PC)CCC1PC.CC.CC. The van der Waals surface area contributed by atoms with Crippen LogP contribution >= 0.6 is 25.5 Å². The zero-order valence-electron chi connectivity index (χ0n) is 17.9. The smallest absolute Gasteiger partial charge is 0.0188 e. The Morgan fingerprint density at radius 3 is 1.46 bits per heavy atom. The molecular formula is C20H46NP3. The molecule has 0 aromatic rings. The van der Waals surface area contributed by atoms with Gasteiger partial charge in [0.15, 0.2) is 0 Å². The van der Waals surface area contributed by atoms with Gasteiger partial charge in [0.2, 0.25) is 0 Å². The first kappa shape index (κ1) is 27.2. The Morgan fingerprint density at radius 1 is 0.875 bits per heavy atom. The van der Waals surface area contributed by atoms with Gasteiger partial charge in [-0.25, -0.2) is 0 Å². The van der Waals surface area contributed by atoms with Crippen molar-refractivity contribution in [2.75, 3.05) is 20.4 Å². The molecule has 0 radical (unpaired) electrons. The monoisotopic (exact) mass is 393 g/mol. The Balaban J connectivity index is 0. The molecule has 2 aliphatic carbocycles. The summed E-state index contributed by atoms with van der Waals surface area (Å²) in [5, 5.41) is 0. The summed E-state index contributed by atoms with van der Waals surface area (Å²) in [5.41, 5.74) is 1.98. The first-order valence-electron chi connectivity index (χ1n) is 10.2. The average Bonchev–Trinajstić information content (AvgIpc) is 3.35. The van der Waals surface area contributed by atoms with Crippen molar-refractivity contribution in [2.24, 2.45) is 5.92 Å². The molecule has 2 rings (SSSR count). The van der Waals surface area contributed by atoms with Crippen LogP contribution in [0, 0.1) is 5.92 Å². The van der Waals surface area contributed by atoms with E-state index >= 15 is 0 Å². The molecule has 0 aromatic heterocycles. The normalized spacial score (nSPS) is 27.6. The highest BCUT2D eigenvalue weighted by atomic mass is 31.1. The van der Waals surface area contributed by atoms with Crippen LogP contribution in [0.5, 0.6) is 0 Å². The van der Waals surface area contributed by atoms with E-state index in [4.69, 9.17) is 0 Å². The lowest BCUT2D eigenvalue weighted by atomic mass is 9.99. The number of nitrogens with zero attached hydrogens (tertiary/aromatic N) is 1. The second-order valence-electron chi connectivity index (χ2n) is 6.17. The molecule has 2 saturated carbocycles. The van der Waals surface area contributed by atoms with Crippen LogP contribution in [0.3, 0.4) is 0 Å². The highest BCUT2D eigenvalue weighted by Gasteiger charge is 2.38. The van der Waals surface area contributed by atoms with E-state index in [0.29, 0.717) is 6.04 Å². The van der Waals surface area contributed by atoms with Crippen LogP contribution < -0.4 is 0 Å². The second-order valence-corrected chi connectivity index (χ2v) is 9.72. The van der Waals surface area contributed by atoms with Crippen molar-refractivity contribution in [3.05, 3.63) is 0 Å². The van der Waals surface area contributed by atoms with Gasteiger partial charge in [0.1, 0.15) is 0 Å². The minimum absolute atomic E-state index is 0.710. The van der Waals surface area contributed by atoms with E-state index in [9.17, 15) is 0 Å². The molecule has 0 saturated heterocycles. The van der Waals surface area contributed by atoms with E-state index in [2.05, 4.69) is 38.3 Å². The quantitative estimate of drug-likeness (QED) is 0.441. The first-order chi connectivity index (χ1) is 11.7. The van der Waals surface area contributed by atoms with Crippen molar-refractivity contribution in [2.45, 2.75) is 96.9 Å². The van der Waals surface area contributed by atoms with Crippen molar-refractivity contribution in [1.29, 1.82) is 0 Å². The van der Waals surface area contributed by atoms with E-state index in [-0.39, 0.29) is 0 Å². The molecule has 146 valence electrons. The highest BCUT2D eigenvalue weighted by molar-refractivity contribution is 7.39. The van der Waals surface area contributed by atoms with Crippen molar-refractivity contribution < 1.29 is 0 Å². The van der Waals surface area contributed by atoms with Crippen LogP contribution in [0.15, 0.2) is 0 Å². The molecular weight excluding hydrogens is 347 g/mol. The maximum absolute atomic E-state index is 3.98. The molecule has 5 atom stereocenters. The lowest BCUT2D eigenvalue weighted by Gasteiger charge is -2.33. The van der Waals surface area contributed by atoms with Crippen molar-refractivity contribution in [3.8, 4) is 0 Å². The lowest BCUT2D eigenvalue weighted by molar-refractivity contribution is 0.316. The van der Waals surface area contributed by atoms with Gasteiger partial charge < -0.3 is 0 Å². The Morgan fingerprint density at radius 2 is 1.21 bits per heavy atom. The van der Waals surface area contributed by atoms with E-state index in [1.165, 1.54) is 53.3 Å². The summed E-state index contributed by atoms with van der Waals surface area (Å²) in [6.45, 7) is 15.2. The molecule has 0 aromatic carbocycles. The maximum Gasteiger partial charge on any atom is 0.0188 e. The van der Waals surface area contributed by atoms with Crippen molar-refractivity contribution >= 4 is 31.8 Å². The van der Waals surface area contributed by atoms with Gasteiger partial charge in [0.25, 0.3) is 0 Å². The highest BCUT2D eigenvalue weighted by Crippen LogP contribution is 2.47. The van der Waals surface area contributed by atoms with E-state index < -0.39 is 0 Å². The fraction of sp³-hybridized carbons (Fsp3) is 0.950. The molecule has 0 N–H and O–H groups in total. The molecule has 0 amide bonds. The van der Waals surface area contributed by atoms with Crippen LogP contribution in [-0.4, -0.2) is 48.7 Å². The number of hydrogen-bond donors (Lipinski definition) is 0. The molecule has 4 heteroatoms. The second kappa shape index (κ2) is 18.8. The van der Waals surface area contributed by atoms with Gasteiger partial charge in [-0.15, -0.1) is 17.2 Å². The van der Waals surface area contributed by atoms with Crippen LogP contribution in [0.2, 0.25) is 0 Å². The van der Waals surface area contributed by atoms with Gasteiger partial charge in [0.05, 0.1) is 0 Å². The van der Waals surface area contributed by atoms with Gasteiger partial charge in [-0.3, -0.25) is 4.67 Å². The third-order valence-corrected chi connectivity index (χ3v) is 8.72. The molecule has 0 spiro atoms. The van der Waals surface area contributed by atoms with Gasteiger partial charge in [-0.05, 0) is 65.7 Å². The summed E-state index contributed by atoms with van der Waals surface area (Å²) >= 11 is 0. The first-order valence-corrected chi connectivity index (χ1v) is 14.4.